The van der Waals surface area contributed by atoms with Gasteiger partial charge in [-0.25, -0.2) is 0 Å². The van der Waals surface area contributed by atoms with Gasteiger partial charge in [0.15, 0.2) is 0 Å². The van der Waals surface area contributed by atoms with Gasteiger partial charge in [-0.1, -0.05) is 127 Å². The van der Waals surface area contributed by atoms with Gasteiger partial charge in [0.05, 0.1) is 33.6 Å². The lowest BCUT2D eigenvalue weighted by molar-refractivity contribution is 0.461. The van der Waals surface area contributed by atoms with Crippen LogP contribution in [0.2, 0.25) is 0 Å². The van der Waals surface area contributed by atoms with E-state index in [9.17, 15) is 10.5 Å². The summed E-state index contributed by atoms with van der Waals surface area (Å²) in [6, 6.07) is 64.1. The van der Waals surface area contributed by atoms with E-state index in [4.69, 9.17) is 0 Å². The number of hydrogen-bond donors (Lipinski definition) is 0. The monoisotopic (exact) mass is 702 g/mol. The van der Waals surface area contributed by atoms with Crippen LogP contribution in [0.4, 0.5) is 11.4 Å². The number of benzene rings is 7. The number of fused-ring (bicyclic) bond motifs is 7. The predicted molar refractivity (Wildman–Crippen MR) is 223 cm³/mol. The Bertz CT molecular complexity index is 2850. The van der Waals surface area contributed by atoms with Crippen molar-refractivity contribution in [2.45, 2.75) is 18.4 Å². The van der Waals surface area contributed by atoms with Crippen LogP contribution in [0.15, 0.2) is 176 Å². The molecule has 55 heavy (non-hydrogen) atoms. The van der Waals surface area contributed by atoms with Crippen LogP contribution in [0.25, 0.3) is 56.0 Å². The highest BCUT2D eigenvalue weighted by Crippen LogP contribution is 2.61. The summed E-state index contributed by atoms with van der Waals surface area (Å²) in [5.41, 5.74) is 14.8. The van der Waals surface area contributed by atoms with Gasteiger partial charge < -0.3 is 9.47 Å². The molecule has 7 aromatic carbocycles. The second-order valence-corrected chi connectivity index (χ2v) is 14.5. The van der Waals surface area contributed by atoms with Crippen LogP contribution in [-0.4, -0.2) is 4.57 Å². The third-order valence-corrected chi connectivity index (χ3v) is 11.6. The van der Waals surface area contributed by atoms with Gasteiger partial charge in [0.1, 0.15) is 12.1 Å². The van der Waals surface area contributed by atoms with Crippen molar-refractivity contribution < 1.29 is 0 Å². The third kappa shape index (κ3) is 4.83. The minimum Gasteiger partial charge on any atom is -0.330 e. The van der Waals surface area contributed by atoms with Crippen LogP contribution in [0.1, 0.15) is 40.8 Å². The summed E-state index contributed by atoms with van der Waals surface area (Å²) < 4.78 is 2.49. The fourth-order valence-corrected chi connectivity index (χ4v) is 9.20. The number of nitriles is 2. The Hall–Kier alpha value is -7.40. The van der Waals surface area contributed by atoms with Gasteiger partial charge in [-0.3, -0.25) is 0 Å². The predicted octanol–water partition coefficient (Wildman–Crippen LogP) is 12.6. The molecule has 0 spiro atoms. The summed E-state index contributed by atoms with van der Waals surface area (Å²) in [5.74, 6) is 0.130. The van der Waals surface area contributed by atoms with E-state index in [1.807, 2.05) is 12.1 Å². The zero-order valence-electron chi connectivity index (χ0n) is 30.2. The molecule has 2 aliphatic rings. The Morgan fingerprint density at radius 1 is 0.564 bits per heavy atom. The Labute approximate surface area is 320 Å². The quantitative estimate of drug-likeness (QED) is 0.179. The SMILES string of the molecule is CC12c3c(n(-c4c(-c5ccccc5)cc(-c5ccc(C#N)c(C#N)c5)cc4-c4ccccc4)c4ccccc34)C=CC1c1ccccc1N2c1ccccc1. The molecule has 0 fully saturated rings. The van der Waals surface area contributed by atoms with Crippen LogP contribution in [0.5, 0.6) is 0 Å². The van der Waals surface area contributed by atoms with Crippen LogP contribution < -0.4 is 4.90 Å². The minimum atomic E-state index is -0.435. The van der Waals surface area contributed by atoms with Crippen LogP contribution >= 0.6 is 0 Å². The summed E-state index contributed by atoms with van der Waals surface area (Å²) in [4.78, 5) is 2.56. The zero-order chi connectivity index (χ0) is 37.1. The molecule has 2 atom stereocenters. The molecule has 4 heteroatoms. The number of aromatic nitrogens is 1. The van der Waals surface area contributed by atoms with Crippen molar-refractivity contribution in [3.63, 3.8) is 0 Å². The molecule has 0 saturated heterocycles. The average Bonchev–Trinajstić information content (AvgIpc) is 3.73. The van der Waals surface area contributed by atoms with Gasteiger partial charge in [0.25, 0.3) is 0 Å². The number of rotatable bonds is 5. The second kappa shape index (κ2) is 12.6. The van der Waals surface area contributed by atoms with E-state index in [-0.39, 0.29) is 5.92 Å². The highest BCUT2D eigenvalue weighted by atomic mass is 15.2. The number of anilines is 2. The maximum absolute atomic E-state index is 9.99. The van der Waals surface area contributed by atoms with Crippen molar-refractivity contribution in [3.05, 3.63) is 204 Å². The molecule has 0 N–H and O–H groups in total. The van der Waals surface area contributed by atoms with Crippen molar-refractivity contribution >= 4 is 28.4 Å². The molecule has 1 aromatic heterocycles. The molecule has 1 aliphatic heterocycles. The largest absolute Gasteiger partial charge is 0.330 e. The molecule has 2 unspecified atom stereocenters. The zero-order valence-corrected chi connectivity index (χ0v) is 30.2. The van der Waals surface area contributed by atoms with E-state index < -0.39 is 5.54 Å². The average molecular weight is 703 g/mol. The molecule has 0 saturated carbocycles. The smallest absolute Gasteiger partial charge is 0.101 e. The topological polar surface area (TPSA) is 55.8 Å². The lowest BCUT2D eigenvalue weighted by atomic mass is 9.73. The Balaban J connectivity index is 1.33. The molecule has 0 amide bonds. The van der Waals surface area contributed by atoms with Crippen molar-refractivity contribution in [2.24, 2.45) is 0 Å². The first-order valence-electron chi connectivity index (χ1n) is 18.6. The van der Waals surface area contributed by atoms with E-state index >= 15 is 0 Å². The lowest BCUT2D eigenvalue weighted by Crippen LogP contribution is -2.42. The minimum absolute atomic E-state index is 0.130. The number of para-hydroxylation sites is 3. The fraction of sp³-hybridized carbons (Fsp3) is 0.0588. The summed E-state index contributed by atoms with van der Waals surface area (Å²) >= 11 is 0. The normalized spacial score (nSPS) is 16.6. The van der Waals surface area contributed by atoms with Gasteiger partial charge in [0.2, 0.25) is 0 Å². The van der Waals surface area contributed by atoms with Crippen LogP contribution in [0.3, 0.4) is 0 Å². The molecule has 1 aliphatic carbocycles. The van der Waals surface area contributed by atoms with Gasteiger partial charge in [-0.15, -0.1) is 0 Å². The van der Waals surface area contributed by atoms with E-state index in [1.165, 1.54) is 22.2 Å². The van der Waals surface area contributed by atoms with Gasteiger partial charge in [-0.05, 0) is 89.3 Å². The Morgan fingerprint density at radius 2 is 1.16 bits per heavy atom. The molecular weight excluding hydrogens is 669 g/mol. The van der Waals surface area contributed by atoms with E-state index in [0.29, 0.717) is 11.1 Å². The summed E-state index contributed by atoms with van der Waals surface area (Å²) in [6.45, 7) is 2.42. The fourth-order valence-electron chi connectivity index (χ4n) is 9.20. The molecule has 0 radical (unpaired) electrons. The van der Waals surface area contributed by atoms with E-state index in [2.05, 4.69) is 192 Å². The summed E-state index contributed by atoms with van der Waals surface area (Å²) in [6.07, 6.45) is 4.77. The molecule has 4 nitrogen and oxygen atoms in total. The third-order valence-electron chi connectivity index (χ3n) is 11.6. The molecule has 258 valence electrons. The highest BCUT2D eigenvalue weighted by Gasteiger charge is 2.53. The molecule has 10 rings (SSSR count). The summed E-state index contributed by atoms with van der Waals surface area (Å²) in [5, 5.41) is 20.9. The first kappa shape index (κ1) is 32.3. The van der Waals surface area contributed by atoms with Crippen LogP contribution in [0, 0.1) is 22.7 Å². The Morgan fingerprint density at radius 3 is 1.84 bits per heavy atom. The van der Waals surface area contributed by atoms with Crippen molar-refractivity contribution in [1.29, 1.82) is 10.5 Å². The van der Waals surface area contributed by atoms with Crippen molar-refractivity contribution in [1.82, 2.24) is 4.57 Å². The van der Waals surface area contributed by atoms with Crippen LogP contribution in [-0.2, 0) is 5.54 Å². The molecule has 0 bridgehead atoms. The van der Waals surface area contributed by atoms with Gasteiger partial charge in [-0.2, -0.15) is 10.5 Å². The highest BCUT2D eigenvalue weighted by molar-refractivity contribution is 5.99. The molecular formula is C51H34N4. The molecule has 8 aromatic rings. The maximum Gasteiger partial charge on any atom is 0.101 e. The first-order valence-corrected chi connectivity index (χ1v) is 18.6. The van der Waals surface area contributed by atoms with Gasteiger partial charge in [0, 0.05) is 39.4 Å². The molecule has 2 heterocycles. The standard InChI is InChI=1S/C51H34N4/c1-51-45(41-21-11-14-24-47(41)55(51)40-19-9-4-10-20-40)27-28-48-49(51)42-22-12-13-23-46(42)54(48)50-43(34-15-5-2-6-16-34)30-38(31-44(50)35-17-7-3-8-18-35)36-25-26-37(32-52)39(29-36)33-53/h2-31,45H,1H3. The number of nitrogens with zero attached hydrogens (tertiary/aromatic N) is 4. The Kier molecular flexibility index (Phi) is 7.41. The van der Waals surface area contributed by atoms with E-state index in [0.717, 1.165) is 56.0 Å². The maximum atomic E-state index is 9.99. The number of hydrogen-bond acceptors (Lipinski definition) is 3. The van der Waals surface area contributed by atoms with Crippen molar-refractivity contribution in [2.75, 3.05) is 4.90 Å². The van der Waals surface area contributed by atoms with Gasteiger partial charge >= 0.3 is 0 Å². The lowest BCUT2D eigenvalue weighted by Gasteiger charge is -2.43. The summed E-state index contributed by atoms with van der Waals surface area (Å²) in [7, 11) is 0. The van der Waals surface area contributed by atoms with E-state index in [1.54, 1.807) is 6.07 Å². The van der Waals surface area contributed by atoms with Crippen molar-refractivity contribution in [3.8, 4) is 51.2 Å². The second-order valence-electron chi connectivity index (χ2n) is 14.5. The first-order chi connectivity index (χ1) is 27.1.